The summed E-state index contributed by atoms with van der Waals surface area (Å²) < 4.78 is 10.9. The predicted octanol–water partition coefficient (Wildman–Crippen LogP) is 1.91. The third-order valence-corrected chi connectivity index (χ3v) is 4.78. The minimum Gasteiger partial charge on any atom is -0.385 e. The Hall–Kier alpha value is 0.230. The van der Waals surface area contributed by atoms with Crippen molar-refractivity contribution in [3.63, 3.8) is 0 Å². The summed E-state index contributed by atoms with van der Waals surface area (Å²) in [4.78, 5) is 0. The second-order valence-electron chi connectivity index (χ2n) is 4.56. The molecule has 1 unspecified atom stereocenters. The molecule has 1 atom stereocenters. The van der Waals surface area contributed by atoms with Crippen molar-refractivity contribution in [1.82, 2.24) is 5.32 Å². The van der Waals surface area contributed by atoms with Crippen LogP contribution in [0.25, 0.3) is 0 Å². The minimum atomic E-state index is 0.388. The highest BCUT2D eigenvalue weighted by Crippen LogP contribution is 2.33. The van der Waals surface area contributed by atoms with E-state index in [4.69, 9.17) is 9.47 Å². The van der Waals surface area contributed by atoms with Crippen molar-refractivity contribution < 1.29 is 9.47 Å². The number of thioether (sulfide) groups is 1. The Balaban J connectivity index is 2.27. The fourth-order valence-electron chi connectivity index (χ4n) is 1.95. The van der Waals surface area contributed by atoms with Gasteiger partial charge in [-0.25, -0.2) is 0 Å². The summed E-state index contributed by atoms with van der Waals surface area (Å²) in [6.45, 7) is 5.97. The number of methoxy groups -OCH3 is 1. The van der Waals surface area contributed by atoms with Gasteiger partial charge in [0.15, 0.2) is 0 Å². The molecule has 0 amide bonds. The van der Waals surface area contributed by atoms with Crippen LogP contribution in [0.5, 0.6) is 0 Å². The molecule has 1 heterocycles. The lowest BCUT2D eigenvalue weighted by atomic mass is 9.98. The van der Waals surface area contributed by atoms with Gasteiger partial charge in [0.1, 0.15) is 0 Å². The van der Waals surface area contributed by atoms with Crippen molar-refractivity contribution in [2.45, 2.75) is 37.0 Å². The highest BCUT2D eigenvalue weighted by molar-refractivity contribution is 8.00. The fraction of sp³-hybridized carbons (Fsp3) is 1.00. The summed E-state index contributed by atoms with van der Waals surface area (Å²) in [5.74, 6) is 0. The zero-order valence-electron chi connectivity index (χ0n) is 10.8. The third kappa shape index (κ3) is 4.62. The summed E-state index contributed by atoms with van der Waals surface area (Å²) in [6.07, 6.45) is 5.63. The van der Waals surface area contributed by atoms with E-state index < -0.39 is 0 Å². The van der Waals surface area contributed by atoms with Gasteiger partial charge in [-0.3, -0.25) is 0 Å². The van der Waals surface area contributed by atoms with Crippen LogP contribution in [0.4, 0.5) is 0 Å². The Morgan fingerprint density at radius 2 is 2.12 bits per heavy atom. The fourth-order valence-corrected chi connectivity index (χ4v) is 2.76. The highest BCUT2D eigenvalue weighted by atomic mass is 32.2. The number of rotatable bonds is 7. The maximum Gasteiger partial charge on any atom is 0.0479 e. The molecule has 0 aromatic rings. The van der Waals surface area contributed by atoms with Gasteiger partial charge in [-0.05, 0) is 32.4 Å². The standard InChI is InChI=1S/C12H25NO2S/c1-11(4-7-14-2)13-10-12(16-3)5-8-15-9-6-12/h11,13H,4-10H2,1-3H3. The van der Waals surface area contributed by atoms with E-state index in [1.807, 2.05) is 11.8 Å². The van der Waals surface area contributed by atoms with E-state index in [2.05, 4.69) is 18.5 Å². The van der Waals surface area contributed by atoms with Crippen LogP contribution < -0.4 is 5.32 Å². The summed E-state index contributed by atoms with van der Waals surface area (Å²) in [5.41, 5.74) is 0. The molecule has 4 heteroatoms. The lowest BCUT2D eigenvalue weighted by molar-refractivity contribution is 0.0762. The Morgan fingerprint density at radius 1 is 1.44 bits per heavy atom. The molecule has 0 saturated carbocycles. The molecular formula is C12H25NO2S. The van der Waals surface area contributed by atoms with Crippen LogP contribution in [0.2, 0.25) is 0 Å². The van der Waals surface area contributed by atoms with E-state index in [0.717, 1.165) is 45.6 Å². The molecular weight excluding hydrogens is 222 g/mol. The van der Waals surface area contributed by atoms with Gasteiger partial charge in [-0.2, -0.15) is 11.8 Å². The van der Waals surface area contributed by atoms with Gasteiger partial charge < -0.3 is 14.8 Å². The summed E-state index contributed by atoms with van der Waals surface area (Å²) in [5, 5.41) is 3.62. The first-order valence-corrected chi connectivity index (χ1v) is 7.30. The smallest absolute Gasteiger partial charge is 0.0479 e. The molecule has 96 valence electrons. The lowest BCUT2D eigenvalue weighted by Crippen LogP contribution is -2.45. The van der Waals surface area contributed by atoms with Gasteiger partial charge in [0.05, 0.1) is 0 Å². The topological polar surface area (TPSA) is 30.5 Å². The second-order valence-corrected chi connectivity index (χ2v) is 5.84. The average Bonchev–Trinajstić information content (AvgIpc) is 2.35. The second kappa shape index (κ2) is 7.54. The maximum absolute atomic E-state index is 5.44. The van der Waals surface area contributed by atoms with E-state index in [9.17, 15) is 0 Å². The van der Waals surface area contributed by atoms with Gasteiger partial charge in [0.25, 0.3) is 0 Å². The number of ether oxygens (including phenoxy) is 2. The molecule has 0 aromatic heterocycles. The van der Waals surface area contributed by atoms with Crippen molar-refractivity contribution >= 4 is 11.8 Å². The molecule has 0 aromatic carbocycles. The number of hydrogen-bond acceptors (Lipinski definition) is 4. The highest BCUT2D eigenvalue weighted by Gasteiger charge is 2.31. The van der Waals surface area contributed by atoms with Crippen LogP contribution in [0.3, 0.4) is 0 Å². The van der Waals surface area contributed by atoms with Crippen LogP contribution in [0.1, 0.15) is 26.2 Å². The van der Waals surface area contributed by atoms with Crippen molar-refractivity contribution in [2.75, 3.05) is 39.7 Å². The van der Waals surface area contributed by atoms with E-state index in [1.165, 1.54) is 0 Å². The van der Waals surface area contributed by atoms with Crippen LogP contribution in [-0.4, -0.2) is 50.5 Å². The monoisotopic (exact) mass is 247 g/mol. The van der Waals surface area contributed by atoms with E-state index >= 15 is 0 Å². The first kappa shape index (κ1) is 14.3. The van der Waals surface area contributed by atoms with Crippen LogP contribution in [0, 0.1) is 0 Å². The SMILES string of the molecule is COCCC(C)NCC1(SC)CCOCC1. The molecule has 0 spiro atoms. The molecule has 3 nitrogen and oxygen atoms in total. The van der Waals surface area contributed by atoms with Crippen LogP contribution in [0.15, 0.2) is 0 Å². The van der Waals surface area contributed by atoms with Gasteiger partial charge in [0.2, 0.25) is 0 Å². The van der Waals surface area contributed by atoms with Crippen LogP contribution >= 0.6 is 11.8 Å². The molecule has 16 heavy (non-hydrogen) atoms. The Bertz CT molecular complexity index is 184. The lowest BCUT2D eigenvalue weighted by Gasteiger charge is -2.36. The molecule has 1 rings (SSSR count). The zero-order valence-corrected chi connectivity index (χ0v) is 11.6. The first-order valence-electron chi connectivity index (χ1n) is 6.08. The minimum absolute atomic E-state index is 0.388. The molecule has 0 radical (unpaired) electrons. The molecule has 1 fully saturated rings. The van der Waals surface area contributed by atoms with Gasteiger partial charge >= 0.3 is 0 Å². The molecule has 0 bridgehead atoms. The molecule has 0 aliphatic carbocycles. The van der Waals surface area contributed by atoms with E-state index in [0.29, 0.717) is 10.8 Å². The number of hydrogen-bond donors (Lipinski definition) is 1. The largest absolute Gasteiger partial charge is 0.385 e. The summed E-state index contributed by atoms with van der Waals surface area (Å²) in [7, 11) is 1.76. The van der Waals surface area contributed by atoms with Crippen molar-refractivity contribution in [2.24, 2.45) is 0 Å². The van der Waals surface area contributed by atoms with Crippen molar-refractivity contribution in [3.05, 3.63) is 0 Å². The van der Waals surface area contributed by atoms with Gasteiger partial charge in [-0.15, -0.1) is 0 Å². The predicted molar refractivity (Wildman–Crippen MR) is 70.3 cm³/mol. The summed E-state index contributed by atoms with van der Waals surface area (Å²) in [6, 6.07) is 0.534. The molecule has 1 N–H and O–H groups in total. The number of nitrogens with one attached hydrogen (secondary N) is 1. The van der Waals surface area contributed by atoms with Gasteiger partial charge in [-0.1, -0.05) is 0 Å². The van der Waals surface area contributed by atoms with E-state index in [1.54, 1.807) is 7.11 Å². The zero-order chi connectivity index (χ0) is 11.9. The maximum atomic E-state index is 5.44. The Labute approximate surface area is 104 Å². The summed E-state index contributed by atoms with van der Waals surface area (Å²) >= 11 is 1.99. The first-order chi connectivity index (χ1) is 7.72. The normalized spacial score (nSPS) is 21.9. The molecule has 1 saturated heterocycles. The Kier molecular flexibility index (Phi) is 6.73. The van der Waals surface area contributed by atoms with Crippen LogP contribution in [-0.2, 0) is 9.47 Å². The van der Waals surface area contributed by atoms with Crippen molar-refractivity contribution in [1.29, 1.82) is 0 Å². The quantitative estimate of drug-likeness (QED) is 0.744. The van der Waals surface area contributed by atoms with Gasteiger partial charge in [0, 0.05) is 44.3 Å². The third-order valence-electron chi connectivity index (χ3n) is 3.36. The Morgan fingerprint density at radius 3 is 2.69 bits per heavy atom. The molecule has 1 aliphatic rings. The average molecular weight is 247 g/mol. The van der Waals surface area contributed by atoms with Crippen molar-refractivity contribution in [3.8, 4) is 0 Å². The molecule has 1 aliphatic heterocycles. The van der Waals surface area contributed by atoms with E-state index in [-0.39, 0.29) is 0 Å².